The van der Waals surface area contributed by atoms with E-state index in [2.05, 4.69) is 12.2 Å². The molecule has 0 bridgehead atoms. The number of nitrogens with one attached hydrogen (secondary N) is 1. The second-order valence-electron chi connectivity index (χ2n) is 4.75. The summed E-state index contributed by atoms with van der Waals surface area (Å²) in [4.78, 5) is 0. The molecule has 0 rings (SSSR count). The third kappa shape index (κ3) is 3.95. The second kappa shape index (κ2) is 5.69. The maximum Gasteiger partial charge on any atom is 0.0610 e. The van der Waals surface area contributed by atoms with Gasteiger partial charge in [-0.1, -0.05) is 20.8 Å². The molecule has 0 spiro atoms. The van der Waals surface area contributed by atoms with Crippen LogP contribution < -0.4 is 5.32 Å². The number of aliphatic hydroxyl groups excluding tert-OH is 2. The van der Waals surface area contributed by atoms with Crippen molar-refractivity contribution in [2.45, 2.75) is 46.1 Å². The van der Waals surface area contributed by atoms with Crippen LogP contribution in [0.3, 0.4) is 0 Å². The van der Waals surface area contributed by atoms with Crippen molar-refractivity contribution in [1.82, 2.24) is 5.32 Å². The first-order chi connectivity index (χ1) is 6.45. The van der Waals surface area contributed by atoms with Crippen LogP contribution in [0.25, 0.3) is 0 Å². The van der Waals surface area contributed by atoms with E-state index >= 15 is 0 Å². The molecule has 0 aliphatic heterocycles. The Morgan fingerprint density at radius 2 is 1.57 bits per heavy atom. The Hall–Kier alpha value is -0.120. The summed E-state index contributed by atoms with van der Waals surface area (Å²) in [5.41, 5.74) is -0.294. The van der Waals surface area contributed by atoms with Crippen LogP contribution in [0, 0.1) is 5.41 Å². The van der Waals surface area contributed by atoms with E-state index in [1.807, 2.05) is 20.8 Å². The normalized spacial score (nSPS) is 20.1. The fourth-order valence-corrected chi connectivity index (χ4v) is 1.01. The van der Waals surface area contributed by atoms with Gasteiger partial charge < -0.3 is 15.5 Å². The number of rotatable bonds is 7. The van der Waals surface area contributed by atoms with Gasteiger partial charge in [0.1, 0.15) is 0 Å². The Morgan fingerprint density at radius 3 is 1.86 bits per heavy atom. The number of hydrogen-bond acceptors (Lipinski definition) is 3. The average molecular weight is 203 g/mol. The molecule has 0 saturated heterocycles. The van der Waals surface area contributed by atoms with E-state index in [1.165, 1.54) is 0 Å². The lowest BCUT2D eigenvalue weighted by Crippen LogP contribution is -2.50. The average Bonchev–Trinajstić information content (AvgIpc) is 2.25. The van der Waals surface area contributed by atoms with Crippen LogP contribution in [-0.2, 0) is 0 Å². The molecule has 0 aromatic carbocycles. The van der Waals surface area contributed by atoms with Gasteiger partial charge in [0.05, 0.1) is 6.61 Å². The van der Waals surface area contributed by atoms with Crippen molar-refractivity contribution in [3.05, 3.63) is 0 Å². The van der Waals surface area contributed by atoms with Crippen molar-refractivity contribution in [2.24, 2.45) is 5.41 Å². The molecule has 3 N–H and O–H groups in total. The van der Waals surface area contributed by atoms with Gasteiger partial charge in [-0.3, -0.25) is 0 Å². The van der Waals surface area contributed by atoms with Gasteiger partial charge >= 0.3 is 0 Å². The van der Waals surface area contributed by atoms with E-state index in [-0.39, 0.29) is 24.2 Å². The molecule has 14 heavy (non-hydrogen) atoms. The van der Waals surface area contributed by atoms with E-state index in [0.717, 1.165) is 19.4 Å². The lowest BCUT2D eigenvalue weighted by Gasteiger charge is -2.34. The van der Waals surface area contributed by atoms with E-state index in [9.17, 15) is 10.2 Å². The third-order valence-corrected chi connectivity index (χ3v) is 3.31. The maximum atomic E-state index is 9.23. The Bertz CT molecular complexity index is 133. The molecule has 3 heteroatoms. The molecule has 0 radical (unpaired) electrons. The van der Waals surface area contributed by atoms with Crippen molar-refractivity contribution in [3.8, 4) is 0 Å². The lowest BCUT2D eigenvalue weighted by atomic mass is 9.87. The minimum Gasteiger partial charge on any atom is -0.396 e. The summed E-state index contributed by atoms with van der Waals surface area (Å²) in [6.07, 6.45) is 1.82. The molecule has 0 fully saturated rings. The van der Waals surface area contributed by atoms with Gasteiger partial charge in [0.15, 0.2) is 0 Å². The van der Waals surface area contributed by atoms with Crippen molar-refractivity contribution in [2.75, 3.05) is 19.8 Å². The summed E-state index contributed by atoms with van der Waals surface area (Å²) in [6.45, 7) is 9.22. The first-order valence-corrected chi connectivity index (χ1v) is 5.42. The minimum atomic E-state index is -0.217. The Kier molecular flexibility index (Phi) is 5.64. The molecule has 2 atom stereocenters. The summed E-state index contributed by atoms with van der Waals surface area (Å²) >= 11 is 0. The summed E-state index contributed by atoms with van der Waals surface area (Å²) < 4.78 is 0. The van der Waals surface area contributed by atoms with Crippen molar-refractivity contribution in [1.29, 1.82) is 0 Å². The van der Waals surface area contributed by atoms with E-state index < -0.39 is 0 Å². The lowest BCUT2D eigenvalue weighted by molar-refractivity contribution is 0.104. The molecule has 0 heterocycles. The molecule has 0 aromatic heterocycles. The van der Waals surface area contributed by atoms with Gasteiger partial charge in [0.25, 0.3) is 0 Å². The van der Waals surface area contributed by atoms with Crippen LogP contribution in [-0.4, -0.2) is 35.5 Å². The molecular formula is C11H25NO2. The van der Waals surface area contributed by atoms with Crippen LogP contribution in [0.4, 0.5) is 0 Å². The highest BCUT2D eigenvalue weighted by Crippen LogP contribution is 2.20. The zero-order valence-corrected chi connectivity index (χ0v) is 9.93. The second-order valence-corrected chi connectivity index (χ2v) is 4.75. The fourth-order valence-electron chi connectivity index (χ4n) is 1.01. The van der Waals surface area contributed by atoms with Gasteiger partial charge in [0.2, 0.25) is 0 Å². The smallest absolute Gasteiger partial charge is 0.0610 e. The van der Waals surface area contributed by atoms with Gasteiger partial charge in [-0.25, -0.2) is 0 Å². The highest BCUT2D eigenvalue weighted by molar-refractivity contribution is 4.84. The Morgan fingerprint density at radius 1 is 1.00 bits per heavy atom. The SMILES string of the molecule is CCC(C)(CO)CNC(C)(CC)CO. The van der Waals surface area contributed by atoms with E-state index in [4.69, 9.17) is 0 Å². The predicted molar refractivity (Wildman–Crippen MR) is 59.3 cm³/mol. The van der Waals surface area contributed by atoms with Crippen LogP contribution in [0.5, 0.6) is 0 Å². The van der Waals surface area contributed by atoms with Gasteiger partial charge in [-0.05, 0) is 19.8 Å². The standard InChI is InChI=1S/C11H25NO2/c1-5-10(3,8-13)7-12-11(4,6-2)9-14/h12-14H,5-9H2,1-4H3. The van der Waals surface area contributed by atoms with Gasteiger partial charge in [-0.2, -0.15) is 0 Å². The van der Waals surface area contributed by atoms with Crippen LogP contribution >= 0.6 is 0 Å². The molecule has 0 amide bonds. The largest absolute Gasteiger partial charge is 0.396 e. The topological polar surface area (TPSA) is 52.5 Å². The zero-order chi connectivity index (χ0) is 11.2. The van der Waals surface area contributed by atoms with Crippen LogP contribution in [0.15, 0.2) is 0 Å². The summed E-state index contributed by atoms with van der Waals surface area (Å²) in [5, 5.41) is 21.8. The van der Waals surface area contributed by atoms with Crippen LogP contribution in [0.1, 0.15) is 40.5 Å². The van der Waals surface area contributed by atoms with E-state index in [0.29, 0.717) is 0 Å². The molecule has 3 nitrogen and oxygen atoms in total. The van der Waals surface area contributed by atoms with Crippen molar-refractivity contribution in [3.63, 3.8) is 0 Å². The van der Waals surface area contributed by atoms with E-state index in [1.54, 1.807) is 0 Å². The van der Waals surface area contributed by atoms with Crippen molar-refractivity contribution >= 4 is 0 Å². The molecule has 0 aliphatic carbocycles. The number of aliphatic hydroxyl groups is 2. The van der Waals surface area contributed by atoms with Crippen LogP contribution in [0.2, 0.25) is 0 Å². The quantitative estimate of drug-likeness (QED) is 0.582. The Balaban J connectivity index is 4.14. The molecular weight excluding hydrogens is 178 g/mol. The molecule has 0 aromatic rings. The zero-order valence-electron chi connectivity index (χ0n) is 9.93. The first-order valence-electron chi connectivity index (χ1n) is 5.42. The monoisotopic (exact) mass is 203 g/mol. The number of hydrogen-bond donors (Lipinski definition) is 3. The fraction of sp³-hybridized carbons (Fsp3) is 1.00. The first kappa shape index (κ1) is 13.9. The Labute approximate surface area is 87.5 Å². The van der Waals surface area contributed by atoms with Crippen molar-refractivity contribution < 1.29 is 10.2 Å². The summed E-state index contributed by atoms with van der Waals surface area (Å²) in [7, 11) is 0. The van der Waals surface area contributed by atoms with Gasteiger partial charge in [0, 0.05) is 24.1 Å². The minimum absolute atomic E-state index is 0.0778. The molecule has 86 valence electrons. The molecule has 2 unspecified atom stereocenters. The summed E-state index contributed by atoms with van der Waals surface area (Å²) in [6, 6.07) is 0. The van der Waals surface area contributed by atoms with Gasteiger partial charge in [-0.15, -0.1) is 0 Å². The third-order valence-electron chi connectivity index (χ3n) is 3.31. The highest BCUT2D eigenvalue weighted by Gasteiger charge is 2.26. The molecule has 0 aliphatic rings. The maximum absolute atomic E-state index is 9.23. The summed E-state index contributed by atoms with van der Waals surface area (Å²) in [5.74, 6) is 0. The predicted octanol–water partition coefficient (Wildman–Crippen LogP) is 1.15. The molecule has 0 saturated carbocycles. The highest BCUT2D eigenvalue weighted by atomic mass is 16.3.